The lowest BCUT2D eigenvalue weighted by atomic mass is 10.1. The van der Waals surface area contributed by atoms with Crippen LogP contribution in [0.25, 0.3) is 6.08 Å². The van der Waals surface area contributed by atoms with Gasteiger partial charge in [0, 0.05) is 42.6 Å². The van der Waals surface area contributed by atoms with Crippen LogP contribution in [-0.2, 0) is 4.79 Å². The molecule has 162 valence electrons. The second kappa shape index (κ2) is 11.5. The molecule has 2 aromatic carbocycles. The summed E-state index contributed by atoms with van der Waals surface area (Å²) in [4.78, 5) is 13.9. The molecule has 2 aromatic rings. The third-order valence-corrected chi connectivity index (χ3v) is 5.25. The van der Waals surface area contributed by atoms with Crippen LogP contribution >= 0.6 is 11.6 Å². The van der Waals surface area contributed by atoms with Gasteiger partial charge in [0.2, 0.25) is 5.91 Å². The van der Waals surface area contributed by atoms with Gasteiger partial charge in [-0.1, -0.05) is 50.9 Å². The number of carbonyl (C=O) groups is 1. The van der Waals surface area contributed by atoms with Crippen LogP contribution in [0.1, 0.15) is 52.0 Å². The van der Waals surface area contributed by atoms with Crippen molar-refractivity contribution in [2.75, 3.05) is 28.6 Å². The zero-order valence-electron chi connectivity index (χ0n) is 18.1. The Bertz CT molecular complexity index is 858. The van der Waals surface area contributed by atoms with Crippen molar-refractivity contribution in [3.63, 3.8) is 0 Å². The van der Waals surface area contributed by atoms with Crippen LogP contribution in [0.5, 0.6) is 5.75 Å². The first-order chi connectivity index (χ1) is 14.4. The largest absolute Gasteiger partial charge is 0.504 e. The molecule has 0 heterocycles. The molecule has 0 fully saturated rings. The molecule has 0 aliphatic heterocycles. The average Bonchev–Trinajstić information content (AvgIpc) is 2.72. The fraction of sp³-hybridized carbons (Fsp3) is 0.375. The number of benzene rings is 2. The highest BCUT2D eigenvalue weighted by Gasteiger charge is 2.16. The molecule has 5 nitrogen and oxygen atoms in total. The van der Waals surface area contributed by atoms with Crippen molar-refractivity contribution < 1.29 is 9.90 Å². The van der Waals surface area contributed by atoms with Gasteiger partial charge in [0.1, 0.15) is 0 Å². The molecule has 0 spiro atoms. The van der Waals surface area contributed by atoms with Gasteiger partial charge < -0.3 is 20.6 Å². The quantitative estimate of drug-likeness (QED) is 0.271. The van der Waals surface area contributed by atoms with Gasteiger partial charge in [0.15, 0.2) is 5.75 Å². The van der Waals surface area contributed by atoms with E-state index in [1.54, 1.807) is 12.1 Å². The lowest BCUT2D eigenvalue weighted by Crippen LogP contribution is -2.25. The number of anilines is 4. The zero-order chi connectivity index (χ0) is 22.1. The van der Waals surface area contributed by atoms with Gasteiger partial charge in [-0.3, -0.25) is 4.79 Å². The highest BCUT2D eigenvalue weighted by Crippen LogP contribution is 2.41. The second-order valence-corrected chi connectivity index (χ2v) is 7.68. The van der Waals surface area contributed by atoms with Crippen molar-refractivity contribution in [2.24, 2.45) is 0 Å². The summed E-state index contributed by atoms with van der Waals surface area (Å²) in [6, 6.07) is 9.91. The molecular weight excluding hydrogens is 398 g/mol. The van der Waals surface area contributed by atoms with Gasteiger partial charge in [0.05, 0.1) is 10.7 Å². The van der Waals surface area contributed by atoms with Gasteiger partial charge in [-0.25, -0.2) is 0 Å². The summed E-state index contributed by atoms with van der Waals surface area (Å²) < 4.78 is 0. The minimum absolute atomic E-state index is 0.140. The highest BCUT2D eigenvalue weighted by atomic mass is 35.5. The Morgan fingerprint density at radius 2 is 1.73 bits per heavy atom. The molecule has 0 aliphatic rings. The molecule has 6 heteroatoms. The minimum atomic E-state index is -0.290. The lowest BCUT2D eigenvalue weighted by molar-refractivity contribution is -0.114. The van der Waals surface area contributed by atoms with Gasteiger partial charge in [0.25, 0.3) is 0 Å². The van der Waals surface area contributed by atoms with Gasteiger partial charge in [-0.05, 0) is 43.2 Å². The van der Waals surface area contributed by atoms with Crippen LogP contribution in [0.4, 0.5) is 22.7 Å². The molecule has 2 rings (SSSR count). The summed E-state index contributed by atoms with van der Waals surface area (Å²) in [6.45, 7) is 11.7. The van der Waals surface area contributed by atoms with E-state index in [1.807, 2.05) is 12.1 Å². The molecule has 0 unspecified atom stereocenters. The van der Waals surface area contributed by atoms with Crippen LogP contribution in [0, 0.1) is 0 Å². The third kappa shape index (κ3) is 6.17. The number of phenolic OH excluding ortho intramolecular Hbond substituents is 1. The number of unbranched alkanes of at least 4 members (excludes halogenated alkanes) is 2. The Labute approximate surface area is 184 Å². The number of aromatic hydroxyl groups is 1. The van der Waals surface area contributed by atoms with E-state index >= 15 is 0 Å². The lowest BCUT2D eigenvalue weighted by Gasteiger charge is -2.25. The summed E-state index contributed by atoms with van der Waals surface area (Å²) in [5, 5.41) is 16.3. The zero-order valence-corrected chi connectivity index (χ0v) is 18.9. The third-order valence-electron chi connectivity index (χ3n) is 4.87. The monoisotopic (exact) mass is 429 g/mol. The number of hydrogen-bond donors (Lipinski definition) is 3. The Balaban J connectivity index is 2.28. The van der Waals surface area contributed by atoms with E-state index in [9.17, 15) is 9.90 Å². The Morgan fingerprint density at radius 3 is 2.23 bits per heavy atom. The summed E-state index contributed by atoms with van der Waals surface area (Å²) in [5.74, 6) is -0.465. The van der Waals surface area contributed by atoms with Crippen molar-refractivity contribution in [1.29, 1.82) is 0 Å². The van der Waals surface area contributed by atoms with E-state index < -0.39 is 0 Å². The number of nitrogens with zero attached hydrogens (tertiary/aromatic N) is 1. The molecular formula is C24H32ClN3O2. The molecule has 0 radical (unpaired) electrons. The number of rotatable bonds is 11. The van der Waals surface area contributed by atoms with Crippen molar-refractivity contribution in [1.82, 2.24) is 0 Å². The predicted octanol–water partition coefficient (Wildman–Crippen LogP) is 6.80. The van der Waals surface area contributed by atoms with Crippen LogP contribution in [0.3, 0.4) is 0 Å². The van der Waals surface area contributed by atoms with Crippen molar-refractivity contribution >= 4 is 46.3 Å². The molecule has 30 heavy (non-hydrogen) atoms. The van der Waals surface area contributed by atoms with Crippen LogP contribution < -0.4 is 15.5 Å². The van der Waals surface area contributed by atoms with Crippen LogP contribution in [0.2, 0.25) is 5.02 Å². The second-order valence-electron chi connectivity index (χ2n) is 7.30. The van der Waals surface area contributed by atoms with Crippen molar-refractivity contribution in [3.05, 3.63) is 47.5 Å². The Kier molecular flexibility index (Phi) is 9.06. The summed E-state index contributed by atoms with van der Waals surface area (Å²) in [7, 11) is 0. The van der Waals surface area contributed by atoms with E-state index in [-0.39, 0.29) is 22.4 Å². The summed E-state index contributed by atoms with van der Waals surface area (Å²) >= 11 is 6.30. The van der Waals surface area contributed by atoms with Gasteiger partial charge in [-0.15, -0.1) is 0 Å². The van der Waals surface area contributed by atoms with Crippen LogP contribution in [0.15, 0.2) is 36.9 Å². The average molecular weight is 430 g/mol. The number of hydrogen-bond acceptors (Lipinski definition) is 4. The topological polar surface area (TPSA) is 64.6 Å². The van der Waals surface area contributed by atoms with E-state index in [1.165, 1.54) is 38.3 Å². The normalized spacial score (nSPS) is 10.5. The first kappa shape index (κ1) is 23.6. The maximum atomic E-state index is 11.4. The van der Waals surface area contributed by atoms with Crippen molar-refractivity contribution in [2.45, 2.75) is 46.5 Å². The summed E-state index contributed by atoms with van der Waals surface area (Å²) in [5.41, 5.74) is 3.55. The van der Waals surface area contributed by atoms with Gasteiger partial charge in [-0.2, -0.15) is 0 Å². The van der Waals surface area contributed by atoms with Crippen molar-refractivity contribution in [3.8, 4) is 5.75 Å². The SMILES string of the molecule is C=Cc1c(Nc2ccc(N(CCCC)CCCC)cc2)cc(NC(C)=O)c(O)c1Cl. The molecule has 0 saturated carbocycles. The van der Waals surface area contributed by atoms with E-state index in [0.717, 1.165) is 18.8 Å². The number of amides is 1. The predicted molar refractivity (Wildman–Crippen MR) is 129 cm³/mol. The fourth-order valence-electron chi connectivity index (χ4n) is 3.22. The Morgan fingerprint density at radius 1 is 1.13 bits per heavy atom. The standard InChI is InChI=1S/C24H32ClN3O2/c1-5-8-14-28(15-9-6-2)19-12-10-18(11-13-19)27-21-16-22(26-17(4)29)24(30)23(25)20(21)7-3/h7,10-13,16,27,30H,3,5-6,8-9,14-15H2,1-2,4H3,(H,26,29). The number of nitrogens with one attached hydrogen (secondary N) is 2. The molecule has 0 aromatic heterocycles. The molecule has 0 aliphatic carbocycles. The van der Waals surface area contributed by atoms with E-state index in [0.29, 0.717) is 11.3 Å². The molecule has 0 atom stereocenters. The first-order valence-electron chi connectivity index (χ1n) is 10.5. The number of carbonyl (C=O) groups excluding carboxylic acids is 1. The number of phenols is 1. The summed E-state index contributed by atoms with van der Waals surface area (Å²) in [6.07, 6.45) is 6.26. The first-order valence-corrected chi connectivity index (χ1v) is 10.9. The van der Waals surface area contributed by atoms with E-state index in [4.69, 9.17) is 11.6 Å². The molecule has 0 bridgehead atoms. The van der Waals surface area contributed by atoms with Crippen LogP contribution in [-0.4, -0.2) is 24.1 Å². The fourth-order valence-corrected chi connectivity index (χ4v) is 3.50. The van der Waals surface area contributed by atoms with E-state index in [2.05, 4.69) is 48.1 Å². The smallest absolute Gasteiger partial charge is 0.221 e. The maximum absolute atomic E-state index is 11.4. The molecule has 0 saturated heterocycles. The maximum Gasteiger partial charge on any atom is 0.221 e. The molecule has 1 amide bonds. The molecule has 3 N–H and O–H groups in total. The number of halogens is 1. The van der Waals surface area contributed by atoms with Gasteiger partial charge >= 0.3 is 0 Å². The highest BCUT2D eigenvalue weighted by molar-refractivity contribution is 6.34. The Hall–Kier alpha value is -2.66. The minimum Gasteiger partial charge on any atom is -0.504 e.